The maximum Gasteiger partial charge on any atom is 0.306 e. The van der Waals surface area contributed by atoms with Gasteiger partial charge in [0.1, 0.15) is 13.2 Å². The molecule has 0 radical (unpaired) electrons. The third-order valence-electron chi connectivity index (χ3n) is 13.1. The van der Waals surface area contributed by atoms with E-state index in [4.69, 9.17) is 14.2 Å². The minimum atomic E-state index is -0.796. The Bertz CT molecular complexity index is 1650. The second-order valence-electron chi connectivity index (χ2n) is 20.6. The van der Waals surface area contributed by atoms with E-state index in [-0.39, 0.29) is 31.1 Å². The molecule has 0 rings (SSSR count). The molecule has 0 amide bonds. The first-order valence-electron chi connectivity index (χ1n) is 31.7. The molecule has 77 heavy (non-hydrogen) atoms. The van der Waals surface area contributed by atoms with Gasteiger partial charge in [0.05, 0.1) is 0 Å². The van der Waals surface area contributed by atoms with E-state index in [2.05, 4.69) is 154 Å². The Morgan fingerprint density at radius 2 is 0.532 bits per heavy atom. The van der Waals surface area contributed by atoms with Crippen molar-refractivity contribution in [1.82, 2.24) is 0 Å². The van der Waals surface area contributed by atoms with Gasteiger partial charge in [0.15, 0.2) is 6.10 Å². The lowest BCUT2D eigenvalue weighted by Crippen LogP contribution is -2.30. The minimum Gasteiger partial charge on any atom is -0.462 e. The Balaban J connectivity index is 4.24. The Kier molecular flexibility index (Phi) is 60.4. The van der Waals surface area contributed by atoms with Crippen LogP contribution in [0.15, 0.2) is 134 Å². The van der Waals surface area contributed by atoms with Crippen molar-refractivity contribution in [1.29, 1.82) is 0 Å². The van der Waals surface area contributed by atoms with Gasteiger partial charge in [-0.25, -0.2) is 0 Å². The van der Waals surface area contributed by atoms with Crippen molar-refractivity contribution in [2.24, 2.45) is 0 Å². The second kappa shape index (κ2) is 64.1. The average molecular weight is 1070 g/mol. The molecule has 0 aromatic rings. The van der Waals surface area contributed by atoms with Crippen molar-refractivity contribution >= 4 is 17.9 Å². The average Bonchev–Trinajstić information content (AvgIpc) is 3.43. The molecule has 0 fully saturated rings. The summed E-state index contributed by atoms with van der Waals surface area (Å²) in [5.41, 5.74) is 0. The summed E-state index contributed by atoms with van der Waals surface area (Å²) in [5, 5.41) is 0. The van der Waals surface area contributed by atoms with Crippen molar-refractivity contribution in [2.75, 3.05) is 13.2 Å². The predicted octanol–water partition coefficient (Wildman–Crippen LogP) is 21.8. The van der Waals surface area contributed by atoms with Gasteiger partial charge in [-0.2, -0.15) is 0 Å². The zero-order valence-electron chi connectivity index (χ0n) is 49.9. The van der Waals surface area contributed by atoms with Gasteiger partial charge in [0.2, 0.25) is 0 Å². The summed E-state index contributed by atoms with van der Waals surface area (Å²) in [7, 11) is 0. The summed E-state index contributed by atoms with van der Waals surface area (Å²) >= 11 is 0. The van der Waals surface area contributed by atoms with Crippen LogP contribution in [-0.4, -0.2) is 37.2 Å². The van der Waals surface area contributed by atoms with Crippen molar-refractivity contribution in [3.05, 3.63) is 134 Å². The number of hydrogen-bond acceptors (Lipinski definition) is 6. The SMILES string of the molecule is CC/C=C\C/C=C\C/C=C\C/C=C\C/C=C\C/C=C\C/C=C\C/C=C\CCCCCCCCCCC(=O)OCC(COC(=O)CCCCCCC/C=C\CCC)OC(=O)CCCCCCC/C=C\C/C=C\CCCCCC. The van der Waals surface area contributed by atoms with Gasteiger partial charge in [-0.15, -0.1) is 0 Å². The van der Waals surface area contributed by atoms with Crippen LogP contribution in [0.25, 0.3) is 0 Å². The van der Waals surface area contributed by atoms with Crippen LogP contribution in [0.3, 0.4) is 0 Å². The fraction of sp³-hybridized carbons (Fsp3) is 0.648. The Hall–Kier alpha value is -4.45. The Labute approximate surface area is 475 Å². The van der Waals surface area contributed by atoms with Crippen LogP contribution in [0, 0.1) is 0 Å². The van der Waals surface area contributed by atoms with E-state index in [1.807, 2.05) is 0 Å². The Morgan fingerprint density at radius 1 is 0.273 bits per heavy atom. The highest BCUT2D eigenvalue weighted by molar-refractivity contribution is 5.71. The number of carbonyl (C=O) groups is 3. The fourth-order valence-electron chi connectivity index (χ4n) is 8.37. The number of rotatable bonds is 56. The molecule has 0 aliphatic heterocycles. The highest BCUT2D eigenvalue weighted by Crippen LogP contribution is 2.14. The summed E-state index contributed by atoms with van der Waals surface area (Å²) in [6, 6.07) is 0. The standard InChI is InChI=1S/C71H116O6/c1-4-7-10-13-16-19-22-24-26-28-29-30-31-32-33-34-35-36-37-38-39-40-41-42-43-44-46-47-49-52-55-58-61-64-70(73)76-67-68(66-75-69(72)63-60-57-54-51-21-18-15-12-9-6-3)77-71(74)65-62-59-56-53-50-48-45-27-25-23-20-17-14-11-8-5-2/h7,10,12,15-16,19-20,23-24,26-27,29-30,32-33,35-36,38-39,41-42,45,68H,4-6,8-9,11,13-14,17-18,21-22,25,28,31,34,37,40,43-44,46-67H2,1-3H3/b10-7-,15-12-,19-16-,23-20-,26-24-,30-29-,33-32-,36-35-,39-38-,42-41-,45-27-. The fourth-order valence-corrected chi connectivity index (χ4v) is 8.37. The molecule has 1 atom stereocenters. The lowest BCUT2D eigenvalue weighted by atomic mass is 10.1. The van der Waals surface area contributed by atoms with Crippen molar-refractivity contribution in [3.8, 4) is 0 Å². The van der Waals surface area contributed by atoms with Crippen LogP contribution in [0.4, 0.5) is 0 Å². The first-order chi connectivity index (χ1) is 38.0. The molecule has 0 aromatic heterocycles. The molecule has 0 aromatic carbocycles. The number of hydrogen-bond donors (Lipinski definition) is 0. The molecule has 6 nitrogen and oxygen atoms in total. The summed E-state index contributed by atoms with van der Waals surface area (Å²) in [4.78, 5) is 38.2. The van der Waals surface area contributed by atoms with Gasteiger partial charge < -0.3 is 14.2 Å². The maximum absolute atomic E-state index is 12.9. The maximum atomic E-state index is 12.9. The van der Waals surface area contributed by atoms with Gasteiger partial charge in [-0.3, -0.25) is 14.4 Å². The zero-order valence-corrected chi connectivity index (χ0v) is 49.9. The van der Waals surface area contributed by atoms with E-state index in [9.17, 15) is 14.4 Å². The molecule has 0 spiro atoms. The van der Waals surface area contributed by atoms with E-state index < -0.39 is 6.10 Å². The molecule has 0 N–H and O–H groups in total. The lowest BCUT2D eigenvalue weighted by molar-refractivity contribution is -0.167. The van der Waals surface area contributed by atoms with Gasteiger partial charge in [0.25, 0.3) is 0 Å². The third kappa shape index (κ3) is 62.3. The van der Waals surface area contributed by atoms with E-state index in [1.54, 1.807) is 0 Å². The molecule has 6 heteroatoms. The smallest absolute Gasteiger partial charge is 0.306 e. The van der Waals surface area contributed by atoms with Crippen molar-refractivity contribution in [3.63, 3.8) is 0 Å². The second-order valence-corrected chi connectivity index (χ2v) is 20.6. The third-order valence-corrected chi connectivity index (χ3v) is 13.1. The number of ether oxygens (including phenoxy) is 3. The van der Waals surface area contributed by atoms with Gasteiger partial charge >= 0.3 is 17.9 Å². The van der Waals surface area contributed by atoms with E-state index in [0.29, 0.717) is 19.3 Å². The summed E-state index contributed by atoms with van der Waals surface area (Å²) in [5.74, 6) is -0.926. The monoisotopic (exact) mass is 1060 g/mol. The van der Waals surface area contributed by atoms with Crippen LogP contribution in [0.5, 0.6) is 0 Å². The molecular formula is C71H116O6. The predicted molar refractivity (Wildman–Crippen MR) is 334 cm³/mol. The van der Waals surface area contributed by atoms with E-state index >= 15 is 0 Å². The number of unbranched alkanes of at least 4 members (excludes halogenated alkanes) is 23. The topological polar surface area (TPSA) is 78.9 Å². The largest absolute Gasteiger partial charge is 0.462 e. The van der Waals surface area contributed by atoms with Crippen molar-refractivity contribution in [2.45, 2.75) is 284 Å². The lowest BCUT2D eigenvalue weighted by Gasteiger charge is -2.18. The molecule has 0 saturated heterocycles. The van der Waals surface area contributed by atoms with Gasteiger partial charge in [-0.1, -0.05) is 257 Å². The molecule has 0 aliphatic carbocycles. The summed E-state index contributed by atoms with van der Waals surface area (Å²) in [6.07, 6.45) is 90.3. The molecule has 0 aliphatic rings. The zero-order chi connectivity index (χ0) is 55.7. The van der Waals surface area contributed by atoms with Crippen LogP contribution in [-0.2, 0) is 28.6 Å². The van der Waals surface area contributed by atoms with Gasteiger partial charge in [0, 0.05) is 19.3 Å². The first-order valence-corrected chi connectivity index (χ1v) is 31.7. The van der Waals surface area contributed by atoms with Crippen LogP contribution >= 0.6 is 0 Å². The summed E-state index contributed by atoms with van der Waals surface area (Å²) in [6.45, 7) is 6.42. The van der Waals surface area contributed by atoms with Crippen LogP contribution in [0.1, 0.15) is 278 Å². The number of allylic oxidation sites excluding steroid dienone is 22. The van der Waals surface area contributed by atoms with E-state index in [0.717, 1.165) is 161 Å². The minimum absolute atomic E-state index is 0.0931. The summed E-state index contributed by atoms with van der Waals surface area (Å²) < 4.78 is 16.8. The number of esters is 3. The van der Waals surface area contributed by atoms with Crippen LogP contribution < -0.4 is 0 Å². The normalized spacial score (nSPS) is 13.0. The highest BCUT2D eigenvalue weighted by Gasteiger charge is 2.19. The van der Waals surface area contributed by atoms with Crippen LogP contribution in [0.2, 0.25) is 0 Å². The van der Waals surface area contributed by atoms with E-state index in [1.165, 1.54) is 77.0 Å². The molecule has 0 saturated carbocycles. The molecular weight excluding hydrogens is 949 g/mol. The van der Waals surface area contributed by atoms with Crippen molar-refractivity contribution < 1.29 is 28.6 Å². The molecule has 436 valence electrons. The first kappa shape index (κ1) is 72.5. The van der Waals surface area contributed by atoms with Gasteiger partial charge in [-0.05, 0) is 135 Å². The Morgan fingerprint density at radius 3 is 0.857 bits per heavy atom. The number of carbonyl (C=O) groups excluding carboxylic acids is 3. The molecule has 1 unspecified atom stereocenters. The quantitative estimate of drug-likeness (QED) is 0.0261. The molecule has 0 heterocycles. The molecule has 0 bridgehead atoms. The highest BCUT2D eigenvalue weighted by atomic mass is 16.6.